The lowest BCUT2D eigenvalue weighted by Crippen LogP contribution is -2.30. The van der Waals surface area contributed by atoms with E-state index in [1.807, 2.05) is 23.4 Å². The van der Waals surface area contributed by atoms with Crippen molar-refractivity contribution in [3.05, 3.63) is 114 Å². The van der Waals surface area contributed by atoms with Gasteiger partial charge in [0.15, 0.2) is 0 Å². The van der Waals surface area contributed by atoms with Gasteiger partial charge in [-0.2, -0.15) is 5.10 Å². The minimum absolute atomic E-state index is 1.04. The van der Waals surface area contributed by atoms with Gasteiger partial charge in [0.1, 0.15) is 0 Å². The van der Waals surface area contributed by atoms with Crippen LogP contribution in [0, 0.1) is 0 Å². The van der Waals surface area contributed by atoms with Crippen LogP contribution in [-0.4, -0.2) is 25.8 Å². The molecule has 0 N–H and O–H groups in total. The van der Waals surface area contributed by atoms with E-state index in [1.165, 1.54) is 55.0 Å². The Labute approximate surface area is 220 Å². The molecule has 2 aliphatic rings. The molecule has 0 amide bonds. The van der Waals surface area contributed by atoms with Gasteiger partial charge in [-0.3, -0.25) is 0 Å². The molecule has 2 aliphatic heterocycles. The predicted octanol–water partition coefficient (Wildman–Crippen LogP) is 7.93. The number of hydrogen-bond acceptors (Lipinski definition) is 4. The first-order valence-corrected chi connectivity index (χ1v) is 13.5. The first-order valence-electron chi connectivity index (χ1n) is 13.5. The maximum atomic E-state index is 4.91. The fraction of sp³-hybridized carbons (Fsp3) is 0.242. The molecule has 186 valence electrons. The summed E-state index contributed by atoms with van der Waals surface area (Å²) in [4.78, 5) is 5.04. The minimum Gasteiger partial charge on any atom is -0.371 e. The Morgan fingerprint density at radius 3 is 2.05 bits per heavy atom. The smallest absolute Gasteiger partial charge is 0.0652 e. The molecule has 4 nitrogen and oxygen atoms in total. The minimum atomic E-state index is 1.04. The quantitative estimate of drug-likeness (QED) is 0.204. The van der Waals surface area contributed by atoms with Gasteiger partial charge in [0, 0.05) is 36.7 Å². The largest absolute Gasteiger partial charge is 0.371 e. The molecule has 0 radical (unpaired) electrons. The number of aryl methyl sites for hydroxylation is 1. The normalized spacial score (nSPS) is 15.6. The monoisotopic (exact) mass is 486 g/mol. The van der Waals surface area contributed by atoms with E-state index in [1.54, 1.807) is 0 Å². The highest BCUT2D eigenvalue weighted by Gasteiger charge is 2.20. The molecule has 1 saturated heterocycles. The number of hydrazone groups is 1. The summed E-state index contributed by atoms with van der Waals surface area (Å²) in [5.41, 5.74) is 8.58. The van der Waals surface area contributed by atoms with Crippen LogP contribution in [-0.2, 0) is 6.42 Å². The summed E-state index contributed by atoms with van der Waals surface area (Å²) < 4.78 is 0. The van der Waals surface area contributed by atoms with Crippen LogP contribution < -0.4 is 14.8 Å². The van der Waals surface area contributed by atoms with Crippen LogP contribution in [0.5, 0.6) is 0 Å². The second-order valence-corrected chi connectivity index (χ2v) is 9.94. The number of fused-ring (bicyclic) bond motifs is 1. The van der Waals surface area contributed by atoms with E-state index < -0.39 is 0 Å². The van der Waals surface area contributed by atoms with Crippen molar-refractivity contribution in [1.82, 2.24) is 0 Å². The fourth-order valence-electron chi connectivity index (χ4n) is 5.52. The van der Waals surface area contributed by atoms with Crippen LogP contribution in [0.25, 0.3) is 0 Å². The SMILES string of the molecule is C(=NN(c1ccccc1)c1ccccc1)c1ccc2c(c1)CCCN2c1cccc(N2CCCCC2)c1. The van der Waals surface area contributed by atoms with E-state index >= 15 is 0 Å². The Morgan fingerprint density at radius 2 is 1.32 bits per heavy atom. The van der Waals surface area contributed by atoms with Crippen molar-refractivity contribution in [2.75, 3.05) is 34.4 Å². The number of benzene rings is 4. The van der Waals surface area contributed by atoms with Crippen LogP contribution in [0.2, 0.25) is 0 Å². The number of nitrogens with zero attached hydrogens (tertiary/aromatic N) is 4. The summed E-state index contributed by atoms with van der Waals surface area (Å²) in [5.74, 6) is 0. The van der Waals surface area contributed by atoms with Gasteiger partial charge in [-0.1, -0.05) is 48.5 Å². The van der Waals surface area contributed by atoms with E-state index in [-0.39, 0.29) is 0 Å². The van der Waals surface area contributed by atoms with Gasteiger partial charge in [-0.25, -0.2) is 5.01 Å². The summed E-state index contributed by atoms with van der Waals surface area (Å²) in [6.45, 7) is 3.40. The zero-order valence-electron chi connectivity index (χ0n) is 21.3. The molecule has 4 aromatic rings. The van der Waals surface area contributed by atoms with Gasteiger partial charge in [-0.15, -0.1) is 0 Å². The van der Waals surface area contributed by atoms with Gasteiger partial charge < -0.3 is 9.80 Å². The van der Waals surface area contributed by atoms with Crippen molar-refractivity contribution in [2.24, 2.45) is 5.10 Å². The molecule has 0 spiro atoms. The van der Waals surface area contributed by atoms with E-state index in [0.29, 0.717) is 0 Å². The first kappa shape index (κ1) is 23.4. The Balaban J connectivity index is 1.26. The molecule has 0 aliphatic carbocycles. The van der Waals surface area contributed by atoms with Crippen LogP contribution >= 0.6 is 0 Å². The molecule has 4 heteroatoms. The summed E-state index contributed by atoms with van der Waals surface area (Å²) in [6.07, 6.45) is 8.19. The van der Waals surface area contributed by atoms with Crippen LogP contribution in [0.15, 0.2) is 108 Å². The Morgan fingerprint density at radius 1 is 0.622 bits per heavy atom. The predicted molar refractivity (Wildman–Crippen MR) is 157 cm³/mol. The second-order valence-electron chi connectivity index (χ2n) is 9.94. The van der Waals surface area contributed by atoms with E-state index in [0.717, 1.165) is 36.3 Å². The van der Waals surface area contributed by atoms with Crippen molar-refractivity contribution < 1.29 is 0 Å². The van der Waals surface area contributed by atoms with Gasteiger partial charge in [0.05, 0.1) is 17.6 Å². The number of rotatable bonds is 6. The molecule has 2 heterocycles. The third-order valence-corrected chi connectivity index (χ3v) is 7.41. The van der Waals surface area contributed by atoms with Crippen LogP contribution in [0.4, 0.5) is 28.4 Å². The highest BCUT2D eigenvalue weighted by Crippen LogP contribution is 2.36. The molecule has 0 bridgehead atoms. The topological polar surface area (TPSA) is 22.1 Å². The van der Waals surface area contributed by atoms with Gasteiger partial charge in [-0.05, 0) is 97.8 Å². The Kier molecular flexibility index (Phi) is 6.89. The molecular formula is C33H34N4. The zero-order chi connectivity index (χ0) is 24.9. The zero-order valence-corrected chi connectivity index (χ0v) is 21.3. The average molecular weight is 487 g/mol. The maximum Gasteiger partial charge on any atom is 0.0652 e. The number of hydrogen-bond donors (Lipinski definition) is 0. The highest BCUT2D eigenvalue weighted by atomic mass is 15.5. The summed E-state index contributed by atoms with van der Waals surface area (Å²) in [6, 6.07) is 36.5. The standard InChI is InChI=1S/C33H34N4/c1-4-13-29(14-5-1)37(30-15-6-2-7-16-30)34-26-27-19-20-33-28(24-27)12-11-23-36(33)32-18-10-17-31(25-32)35-21-8-3-9-22-35/h1-2,4-7,10,13-20,24-26H,3,8-9,11-12,21-23H2. The van der Waals surface area contributed by atoms with E-state index in [9.17, 15) is 0 Å². The van der Waals surface area contributed by atoms with E-state index in [2.05, 4.69) is 101 Å². The average Bonchev–Trinajstić information content (AvgIpc) is 2.98. The summed E-state index contributed by atoms with van der Waals surface area (Å²) in [7, 11) is 0. The molecule has 0 saturated carbocycles. The van der Waals surface area contributed by atoms with Crippen molar-refractivity contribution >= 4 is 34.7 Å². The van der Waals surface area contributed by atoms with Crippen molar-refractivity contribution in [2.45, 2.75) is 32.1 Å². The second kappa shape index (κ2) is 10.9. The van der Waals surface area contributed by atoms with Crippen LogP contribution in [0.1, 0.15) is 36.8 Å². The maximum absolute atomic E-state index is 4.91. The molecule has 0 unspecified atom stereocenters. The molecule has 1 fully saturated rings. The molecule has 37 heavy (non-hydrogen) atoms. The number of anilines is 5. The Hall–Kier alpha value is -4.05. The van der Waals surface area contributed by atoms with Gasteiger partial charge in [0.2, 0.25) is 0 Å². The molecule has 6 rings (SSSR count). The molecule has 0 atom stereocenters. The van der Waals surface area contributed by atoms with E-state index in [4.69, 9.17) is 5.10 Å². The lowest BCUT2D eigenvalue weighted by molar-refractivity contribution is 0.578. The van der Waals surface area contributed by atoms with Crippen molar-refractivity contribution in [3.8, 4) is 0 Å². The molecular weight excluding hydrogens is 452 g/mol. The number of piperidine rings is 1. The van der Waals surface area contributed by atoms with Crippen LogP contribution in [0.3, 0.4) is 0 Å². The molecule has 0 aromatic heterocycles. The van der Waals surface area contributed by atoms with Crippen molar-refractivity contribution in [1.29, 1.82) is 0 Å². The Bertz CT molecular complexity index is 1300. The van der Waals surface area contributed by atoms with Gasteiger partial charge in [0.25, 0.3) is 0 Å². The summed E-state index contributed by atoms with van der Waals surface area (Å²) in [5, 5.41) is 6.91. The first-order chi connectivity index (χ1) is 18.3. The summed E-state index contributed by atoms with van der Waals surface area (Å²) >= 11 is 0. The number of para-hydroxylation sites is 2. The van der Waals surface area contributed by atoms with Gasteiger partial charge >= 0.3 is 0 Å². The highest BCUT2D eigenvalue weighted by molar-refractivity contribution is 5.84. The third-order valence-electron chi connectivity index (χ3n) is 7.41. The third kappa shape index (κ3) is 5.24. The lowest BCUT2D eigenvalue weighted by Gasteiger charge is -2.33. The fourth-order valence-corrected chi connectivity index (χ4v) is 5.52. The lowest BCUT2D eigenvalue weighted by atomic mass is 9.98. The molecule has 4 aromatic carbocycles. The van der Waals surface area contributed by atoms with Crippen molar-refractivity contribution in [3.63, 3.8) is 0 Å².